The topological polar surface area (TPSA) is 150 Å². The summed E-state index contributed by atoms with van der Waals surface area (Å²) < 4.78 is 28.2. The van der Waals surface area contributed by atoms with Crippen molar-refractivity contribution in [1.29, 1.82) is 0 Å². The first kappa shape index (κ1) is 14.3. The molecular formula is C4H13NO6S. The van der Waals surface area contributed by atoms with E-state index in [0.29, 0.717) is 0 Å². The van der Waals surface area contributed by atoms with E-state index in [1.54, 1.807) is 0 Å². The van der Waals surface area contributed by atoms with E-state index >= 15 is 0 Å². The predicted molar refractivity (Wildman–Crippen MR) is 40.1 cm³/mol. The summed E-state index contributed by atoms with van der Waals surface area (Å²) in [4.78, 5) is 0. The molecule has 0 atom stereocenters. The molecule has 12 heavy (non-hydrogen) atoms. The molecule has 0 aliphatic carbocycles. The van der Waals surface area contributed by atoms with Gasteiger partial charge in [-0.2, -0.15) is 8.42 Å². The SMILES string of the molecule is N.O=S(=O)(O)CCCC(O)(O)O. The van der Waals surface area contributed by atoms with Gasteiger partial charge in [-0.1, -0.05) is 0 Å². The smallest absolute Gasteiger partial charge is 0.275 e. The van der Waals surface area contributed by atoms with Crippen molar-refractivity contribution in [2.24, 2.45) is 0 Å². The number of hydrogen-bond donors (Lipinski definition) is 5. The third-order valence-corrected chi connectivity index (χ3v) is 1.72. The van der Waals surface area contributed by atoms with Crippen LogP contribution in [-0.4, -0.2) is 40.0 Å². The molecule has 0 aromatic rings. The van der Waals surface area contributed by atoms with Crippen LogP contribution in [0.15, 0.2) is 0 Å². The molecule has 0 fully saturated rings. The van der Waals surface area contributed by atoms with Gasteiger partial charge >= 0.3 is 0 Å². The highest BCUT2D eigenvalue weighted by atomic mass is 32.2. The standard InChI is InChI=1S/C4H10O6S.H3N/c5-4(6,7)2-1-3-11(8,9)10;/h5-7H,1-3H2,(H,8,9,10);1H3. The van der Waals surface area contributed by atoms with Gasteiger partial charge in [-0.15, -0.1) is 0 Å². The number of aliphatic hydroxyl groups is 3. The van der Waals surface area contributed by atoms with Gasteiger partial charge in [0.1, 0.15) is 0 Å². The molecule has 0 bridgehead atoms. The number of hydrogen-bond acceptors (Lipinski definition) is 6. The molecule has 0 spiro atoms. The summed E-state index contributed by atoms with van der Waals surface area (Å²) in [6.45, 7) is 0. The zero-order chi connectivity index (χ0) is 9.12. The van der Waals surface area contributed by atoms with E-state index in [1.807, 2.05) is 0 Å². The molecule has 0 aliphatic rings. The second-order valence-corrected chi connectivity index (χ2v) is 3.74. The Morgan fingerprint density at radius 3 is 1.83 bits per heavy atom. The molecule has 0 aliphatic heterocycles. The van der Waals surface area contributed by atoms with E-state index in [4.69, 9.17) is 19.9 Å². The van der Waals surface area contributed by atoms with Crippen LogP contribution in [0.2, 0.25) is 0 Å². The Labute approximate surface area is 70.0 Å². The molecule has 0 amide bonds. The molecule has 0 saturated carbocycles. The van der Waals surface area contributed by atoms with Gasteiger partial charge in [0.15, 0.2) is 0 Å². The minimum atomic E-state index is -4.08. The molecule has 0 saturated heterocycles. The Kier molecular flexibility index (Phi) is 5.59. The second-order valence-electron chi connectivity index (χ2n) is 2.16. The summed E-state index contributed by atoms with van der Waals surface area (Å²) in [5, 5.41) is 24.7. The summed E-state index contributed by atoms with van der Waals surface area (Å²) in [6.07, 6.45) is -0.741. The molecule has 0 aromatic carbocycles. The minimum absolute atomic E-state index is 0. The Morgan fingerprint density at radius 1 is 1.17 bits per heavy atom. The Hall–Kier alpha value is -0.250. The zero-order valence-electron chi connectivity index (χ0n) is 6.34. The minimum Gasteiger partial charge on any atom is -0.344 e. The van der Waals surface area contributed by atoms with Crippen LogP contribution >= 0.6 is 0 Å². The lowest BCUT2D eigenvalue weighted by molar-refractivity contribution is -0.314. The molecule has 7 N–H and O–H groups in total. The van der Waals surface area contributed by atoms with Crippen LogP contribution in [0, 0.1) is 0 Å². The molecule has 0 unspecified atom stereocenters. The summed E-state index contributed by atoms with van der Waals surface area (Å²) in [6, 6.07) is 0. The summed E-state index contributed by atoms with van der Waals surface area (Å²) in [7, 11) is -4.08. The van der Waals surface area contributed by atoms with Crippen LogP contribution in [0.5, 0.6) is 0 Å². The van der Waals surface area contributed by atoms with Gasteiger partial charge in [-0.3, -0.25) is 4.55 Å². The first-order valence-corrected chi connectivity index (χ1v) is 4.44. The fourth-order valence-electron chi connectivity index (χ4n) is 0.492. The Morgan fingerprint density at radius 2 is 1.58 bits per heavy atom. The molecule has 76 valence electrons. The van der Waals surface area contributed by atoms with E-state index in [-0.39, 0.29) is 12.6 Å². The first-order chi connectivity index (χ1) is 4.71. The maximum atomic E-state index is 10.0. The fraction of sp³-hybridized carbons (Fsp3) is 1.00. The lowest BCUT2D eigenvalue weighted by Crippen LogP contribution is -2.27. The third-order valence-electron chi connectivity index (χ3n) is 0.914. The predicted octanol–water partition coefficient (Wildman–Crippen LogP) is -1.55. The third kappa shape index (κ3) is 12.4. The van der Waals surface area contributed by atoms with Crippen molar-refractivity contribution >= 4 is 10.1 Å². The quantitative estimate of drug-likeness (QED) is 0.274. The van der Waals surface area contributed by atoms with E-state index in [9.17, 15) is 8.42 Å². The molecule has 8 heteroatoms. The lowest BCUT2D eigenvalue weighted by Gasteiger charge is -2.12. The van der Waals surface area contributed by atoms with Gasteiger partial charge in [-0.25, -0.2) is 0 Å². The summed E-state index contributed by atoms with van der Waals surface area (Å²) in [5.74, 6) is -3.46. The zero-order valence-corrected chi connectivity index (χ0v) is 7.16. The fourth-order valence-corrected chi connectivity index (χ4v) is 1.00. The molecule has 0 aromatic heterocycles. The highest BCUT2D eigenvalue weighted by molar-refractivity contribution is 7.85. The molecule has 0 rings (SSSR count). The van der Waals surface area contributed by atoms with Crippen molar-refractivity contribution in [1.82, 2.24) is 6.15 Å². The van der Waals surface area contributed by atoms with Crippen LogP contribution in [0.1, 0.15) is 12.8 Å². The highest BCUT2D eigenvalue weighted by Gasteiger charge is 2.18. The van der Waals surface area contributed by atoms with Gasteiger partial charge in [0, 0.05) is 6.42 Å². The average Bonchev–Trinajstić information content (AvgIpc) is 1.55. The second kappa shape index (κ2) is 4.70. The normalized spacial score (nSPS) is 12.3. The van der Waals surface area contributed by atoms with Crippen molar-refractivity contribution in [2.45, 2.75) is 18.8 Å². The van der Waals surface area contributed by atoms with Crippen LogP contribution in [0.3, 0.4) is 0 Å². The van der Waals surface area contributed by atoms with Crippen molar-refractivity contribution in [3.05, 3.63) is 0 Å². The molecule has 0 heterocycles. The Bertz CT molecular complexity index is 204. The maximum absolute atomic E-state index is 10.0. The van der Waals surface area contributed by atoms with Crippen LogP contribution in [0.4, 0.5) is 0 Å². The van der Waals surface area contributed by atoms with Gasteiger partial charge in [-0.05, 0) is 6.42 Å². The number of rotatable bonds is 4. The van der Waals surface area contributed by atoms with Gasteiger partial charge in [0.2, 0.25) is 0 Å². The van der Waals surface area contributed by atoms with Crippen molar-refractivity contribution in [3.8, 4) is 0 Å². The van der Waals surface area contributed by atoms with Crippen molar-refractivity contribution in [3.63, 3.8) is 0 Å². The average molecular weight is 203 g/mol. The van der Waals surface area contributed by atoms with Gasteiger partial charge in [0.05, 0.1) is 5.75 Å². The van der Waals surface area contributed by atoms with Gasteiger partial charge in [0.25, 0.3) is 16.1 Å². The lowest BCUT2D eigenvalue weighted by atomic mass is 10.3. The first-order valence-electron chi connectivity index (χ1n) is 2.83. The summed E-state index contributed by atoms with van der Waals surface area (Å²) in [5.41, 5.74) is 0. The van der Waals surface area contributed by atoms with E-state index in [0.717, 1.165) is 0 Å². The summed E-state index contributed by atoms with van der Waals surface area (Å²) >= 11 is 0. The van der Waals surface area contributed by atoms with Crippen LogP contribution in [0.25, 0.3) is 0 Å². The van der Waals surface area contributed by atoms with E-state index in [1.165, 1.54) is 0 Å². The van der Waals surface area contributed by atoms with Crippen molar-refractivity contribution in [2.75, 3.05) is 5.75 Å². The van der Waals surface area contributed by atoms with Gasteiger partial charge < -0.3 is 21.5 Å². The van der Waals surface area contributed by atoms with E-state index < -0.39 is 28.3 Å². The largest absolute Gasteiger partial charge is 0.344 e. The molecular weight excluding hydrogens is 190 g/mol. The van der Waals surface area contributed by atoms with E-state index in [2.05, 4.69) is 0 Å². The maximum Gasteiger partial charge on any atom is 0.275 e. The van der Waals surface area contributed by atoms with Crippen molar-refractivity contribution < 1.29 is 28.3 Å². The molecule has 0 radical (unpaired) electrons. The van der Waals surface area contributed by atoms with Crippen LogP contribution < -0.4 is 6.15 Å². The monoisotopic (exact) mass is 203 g/mol. The Balaban J connectivity index is 0. The van der Waals surface area contributed by atoms with Crippen LogP contribution in [-0.2, 0) is 10.1 Å². The molecule has 7 nitrogen and oxygen atoms in total. The highest BCUT2D eigenvalue weighted by Crippen LogP contribution is 2.04.